The van der Waals surface area contributed by atoms with Crippen LogP contribution in [0, 0.1) is 0 Å². The van der Waals surface area contributed by atoms with Crippen molar-refractivity contribution in [3.05, 3.63) is 57.8 Å². The first-order valence-electron chi connectivity index (χ1n) is 8.69. The third kappa shape index (κ3) is 3.90. The van der Waals surface area contributed by atoms with Crippen LogP contribution in [0.1, 0.15) is 41.0 Å². The molecule has 1 aliphatic heterocycles. The summed E-state index contributed by atoms with van der Waals surface area (Å²) in [4.78, 5) is 29.4. The zero-order chi connectivity index (χ0) is 17.6. The predicted molar refractivity (Wildman–Crippen MR) is 95.1 cm³/mol. The minimum Gasteiger partial charge on any atom is -0.496 e. The molecular formula is C19H23N3O3. The van der Waals surface area contributed by atoms with E-state index in [0.29, 0.717) is 30.8 Å². The standard InChI is InChI=1S/C19H23N3O3/c1-25-16-13-17(23)22-12-6-2-3-8-15(22)18(16)19(24)21-11-9-14-7-4-5-10-20-14/h4-5,7,10,13H,2-3,6,8-9,11-12H2,1H3,(H,21,24). The molecule has 0 unspecified atom stereocenters. The quantitative estimate of drug-likeness (QED) is 0.902. The summed E-state index contributed by atoms with van der Waals surface area (Å²) in [7, 11) is 1.49. The Morgan fingerprint density at radius 3 is 2.96 bits per heavy atom. The summed E-state index contributed by atoms with van der Waals surface area (Å²) in [5, 5.41) is 2.94. The van der Waals surface area contributed by atoms with E-state index in [4.69, 9.17) is 4.74 Å². The zero-order valence-corrected chi connectivity index (χ0v) is 14.5. The van der Waals surface area contributed by atoms with Crippen LogP contribution < -0.4 is 15.6 Å². The summed E-state index contributed by atoms with van der Waals surface area (Å²) >= 11 is 0. The maximum absolute atomic E-state index is 12.8. The van der Waals surface area contributed by atoms with Crippen LogP contribution in [-0.4, -0.2) is 29.1 Å². The first kappa shape index (κ1) is 17.2. The van der Waals surface area contributed by atoms with Crippen LogP contribution in [0.15, 0.2) is 35.3 Å². The van der Waals surface area contributed by atoms with Gasteiger partial charge < -0.3 is 14.6 Å². The van der Waals surface area contributed by atoms with Crippen molar-refractivity contribution in [1.82, 2.24) is 14.9 Å². The number of pyridine rings is 2. The number of carbonyl (C=O) groups is 1. The smallest absolute Gasteiger partial charge is 0.256 e. The number of fused-ring (bicyclic) bond motifs is 1. The van der Waals surface area contributed by atoms with Gasteiger partial charge in [-0.15, -0.1) is 0 Å². The van der Waals surface area contributed by atoms with Crippen LogP contribution in [0.2, 0.25) is 0 Å². The van der Waals surface area contributed by atoms with E-state index >= 15 is 0 Å². The molecule has 132 valence electrons. The van der Waals surface area contributed by atoms with E-state index in [-0.39, 0.29) is 11.5 Å². The highest BCUT2D eigenvalue weighted by Crippen LogP contribution is 2.24. The first-order chi connectivity index (χ1) is 12.2. The van der Waals surface area contributed by atoms with Crippen LogP contribution >= 0.6 is 0 Å². The van der Waals surface area contributed by atoms with E-state index < -0.39 is 0 Å². The molecular weight excluding hydrogens is 318 g/mol. The molecule has 1 amide bonds. The minimum absolute atomic E-state index is 0.0983. The number of amides is 1. The highest BCUT2D eigenvalue weighted by atomic mass is 16.5. The number of nitrogens with one attached hydrogen (secondary N) is 1. The van der Waals surface area contributed by atoms with Crippen LogP contribution in [0.5, 0.6) is 5.75 Å². The highest BCUT2D eigenvalue weighted by Gasteiger charge is 2.23. The molecule has 1 aliphatic rings. The fraction of sp³-hybridized carbons (Fsp3) is 0.421. The monoisotopic (exact) mass is 341 g/mol. The lowest BCUT2D eigenvalue weighted by Gasteiger charge is -2.17. The van der Waals surface area contributed by atoms with Crippen molar-refractivity contribution < 1.29 is 9.53 Å². The number of rotatable bonds is 5. The van der Waals surface area contributed by atoms with Crippen molar-refractivity contribution in [2.24, 2.45) is 0 Å². The number of ether oxygens (including phenoxy) is 1. The molecule has 0 fully saturated rings. The maximum atomic E-state index is 12.8. The summed E-state index contributed by atoms with van der Waals surface area (Å²) in [6, 6.07) is 7.14. The van der Waals surface area contributed by atoms with Crippen LogP contribution in [0.3, 0.4) is 0 Å². The molecule has 3 heterocycles. The van der Waals surface area contributed by atoms with Crippen molar-refractivity contribution in [1.29, 1.82) is 0 Å². The second-order valence-corrected chi connectivity index (χ2v) is 6.16. The maximum Gasteiger partial charge on any atom is 0.256 e. The Balaban J connectivity index is 1.82. The van der Waals surface area contributed by atoms with E-state index in [0.717, 1.165) is 37.1 Å². The zero-order valence-electron chi connectivity index (χ0n) is 14.5. The fourth-order valence-electron chi connectivity index (χ4n) is 3.26. The fourth-order valence-corrected chi connectivity index (χ4v) is 3.26. The van der Waals surface area contributed by atoms with E-state index in [1.54, 1.807) is 10.8 Å². The van der Waals surface area contributed by atoms with Crippen molar-refractivity contribution in [3.63, 3.8) is 0 Å². The van der Waals surface area contributed by atoms with Gasteiger partial charge in [0.05, 0.1) is 7.11 Å². The van der Waals surface area contributed by atoms with Gasteiger partial charge in [0.1, 0.15) is 11.3 Å². The molecule has 0 atom stereocenters. The Labute approximate surface area is 146 Å². The minimum atomic E-state index is -0.196. The molecule has 0 saturated heterocycles. The third-order valence-corrected chi connectivity index (χ3v) is 4.52. The van der Waals surface area contributed by atoms with E-state index in [1.807, 2.05) is 18.2 Å². The molecule has 2 aromatic rings. The molecule has 25 heavy (non-hydrogen) atoms. The van der Waals surface area contributed by atoms with Crippen LogP contribution in [-0.2, 0) is 19.4 Å². The first-order valence-corrected chi connectivity index (χ1v) is 8.69. The summed E-state index contributed by atoms with van der Waals surface area (Å²) in [5.41, 5.74) is 2.11. The third-order valence-electron chi connectivity index (χ3n) is 4.52. The topological polar surface area (TPSA) is 73.2 Å². The number of nitrogens with zero attached hydrogens (tertiary/aromatic N) is 2. The van der Waals surface area contributed by atoms with E-state index in [1.165, 1.54) is 13.2 Å². The van der Waals surface area contributed by atoms with Gasteiger partial charge in [0.2, 0.25) is 0 Å². The Morgan fingerprint density at radius 1 is 1.32 bits per heavy atom. The van der Waals surface area contributed by atoms with Gasteiger partial charge in [-0.25, -0.2) is 0 Å². The Hall–Kier alpha value is -2.63. The number of hydrogen-bond donors (Lipinski definition) is 1. The van der Waals surface area contributed by atoms with Crippen molar-refractivity contribution in [3.8, 4) is 5.75 Å². The van der Waals surface area contributed by atoms with Gasteiger partial charge in [-0.1, -0.05) is 12.5 Å². The number of methoxy groups -OCH3 is 1. The Bertz CT molecular complexity index is 800. The van der Waals surface area contributed by atoms with Gasteiger partial charge >= 0.3 is 0 Å². The Morgan fingerprint density at radius 2 is 2.20 bits per heavy atom. The molecule has 0 saturated carbocycles. The number of aromatic nitrogens is 2. The van der Waals surface area contributed by atoms with Gasteiger partial charge in [-0.2, -0.15) is 0 Å². The van der Waals surface area contributed by atoms with Gasteiger partial charge in [-0.3, -0.25) is 14.6 Å². The predicted octanol–water partition coefficient (Wildman–Crippen LogP) is 1.95. The number of carbonyl (C=O) groups excluding carboxylic acids is 1. The average molecular weight is 341 g/mol. The summed E-state index contributed by atoms with van der Waals surface area (Å²) in [5.74, 6) is 0.159. The lowest BCUT2D eigenvalue weighted by atomic mass is 10.1. The van der Waals surface area contributed by atoms with Crippen molar-refractivity contribution >= 4 is 5.91 Å². The lowest BCUT2D eigenvalue weighted by Crippen LogP contribution is -2.32. The molecule has 0 radical (unpaired) electrons. The van der Waals surface area contributed by atoms with Crippen molar-refractivity contribution in [2.75, 3.05) is 13.7 Å². The van der Waals surface area contributed by atoms with Gasteiger partial charge in [-0.05, 0) is 31.4 Å². The molecule has 0 aromatic carbocycles. The van der Waals surface area contributed by atoms with E-state index in [9.17, 15) is 9.59 Å². The average Bonchev–Trinajstić information content (AvgIpc) is 2.88. The number of hydrogen-bond acceptors (Lipinski definition) is 4. The molecule has 6 heteroatoms. The molecule has 0 aliphatic carbocycles. The van der Waals surface area contributed by atoms with Crippen LogP contribution in [0.4, 0.5) is 0 Å². The SMILES string of the molecule is COc1cc(=O)n2c(c1C(=O)NCCc1ccccn1)CCCCC2. The van der Waals surface area contributed by atoms with Gasteiger partial charge in [0, 0.05) is 43.2 Å². The molecule has 2 aromatic heterocycles. The second-order valence-electron chi connectivity index (χ2n) is 6.16. The second kappa shape index (κ2) is 7.96. The molecule has 1 N–H and O–H groups in total. The molecule has 0 spiro atoms. The molecule has 3 rings (SSSR count). The largest absolute Gasteiger partial charge is 0.496 e. The van der Waals surface area contributed by atoms with Gasteiger partial charge in [0.15, 0.2) is 0 Å². The summed E-state index contributed by atoms with van der Waals surface area (Å²) in [6.45, 7) is 1.14. The molecule has 0 bridgehead atoms. The lowest BCUT2D eigenvalue weighted by molar-refractivity contribution is 0.0949. The highest BCUT2D eigenvalue weighted by molar-refractivity contribution is 5.98. The summed E-state index contributed by atoms with van der Waals surface area (Å²) in [6.07, 6.45) is 6.11. The van der Waals surface area contributed by atoms with Crippen LogP contribution in [0.25, 0.3) is 0 Å². The normalized spacial score (nSPS) is 13.6. The van der Waals surface area contributed by atoms with Crippen molar-refractivity contribution in [2.45, 2.75) is 38.6 Å². The summed E-state index contributed by atoms with van der Waals surface area (Å²) < 4.78 is 7.06. The Kier molecular flexibility index (Phi) is 5.48. The van der Waals surface area contributed by atoms with Gasteiger partial charge in [0.25, 0.3) is 11.5 Å². The van der Waals surface area contributed by atoms with E-state index in [2.05, 4.69) is 10.3 Å². The molecule has 6 nitrogen and oxygen atoms in total.